The average Bonchev–Trinajstić information content (AvgIpc) is 1.95. The molecule has 0 heterocycles. The van der Waals surface area contributed by atoms with E-state index >= 15 is 0 Å². The molecule has 1 atom stereocenters. The monoisotopic (exact) mass is 193 g/mol. The number of hydrogen-bond donors (Lipinski definition) is 1. The molecule has 0 aliphatic rings. The van der Waals surface area contributed by atoms with E-state index in [1.54, 1.807) is 6.08 Å². The molecule has 0 aromatic carbocycles. The van der Waals surface area contributed by atoms with Crippen LogP contribution >= 0.6 is 0 Å². The van der Waals surface area contributed by atoms with Gasteiger partial charge in [-0.05, 0) is 12.8 Å². The lowest BCUT2D eigenvalue weighted by molar-refractivity contribution is 0.194. The summed E-state index contributed by atoms with van der Waals surface area (Å²) in [5, 5.41) is 4.35. The Morgan fingerprint density at radius 3 is 2.58 bits per heavy atom. The SMILES string of the molecule is C=CCCC(COC)S(N)(=O)=O. The van der Waals surface area contributed by atoms with Gasteiger partial charge in [0.05, 0.1) is 11.9 Å². The summed E-state index contributed by atoms with van der Waals surface area (Å²) in [7, 11) is -2.02. The van der Waals surface area contributed by atoms with Crippen molar-refractivity contribution in [3.8, 4) is 0 Å². The molecular formula is C7H15NO3S. The van der Waals surface area contributed by atoms with Crippen LogP contribution in [-0.2, 0) is 14.8 Å². The molecule has 4 nitrogen and oxygen atoms in total. The highest BCUT2D eigenvalue weighted by Crippen LogP contribution is 2.05. The molecule has 0 saturated heterocycles. The molecule has 0 spiro atoms. The minimum atomic E-state index is -3.47. The lowest BCUT2D eigenvalue weighted by atomic mass is 10.2. The second-order valence-corrected chi connectivity index (χ2v) is 4.38. The van der Waals surface area contributed by atoms with Gasteiger partial charge in [0.15, 0.2) is 0 Å². The molecule has 1 unspecified atom stereocenters. The number of ether oxygens (including phenoxy) is 1. The van der Waals surface area contributed by atoms with E-state index < -0.39 is 15.3 Å². The van der Waals surface area contributed by atoms with Crippen molar-refractivity contribution in [2.45, 2.75) is 18.1 Å². The molecule has 0 aromatic rings. The third-order valence-corrected chi connectivity index (χ3v) is 2.81. The lowest BCUT2D eigenvalue weighted by Crippen LogP contribution is -2.32. The molecule has 0 bridgehead atoms. The van der Waals surface area contributed by atoms with E-state index in [-0.39, 0.29) is 6.61 Å². The minimum absolute atomic E-state index is 0.146. The zero-order chi connectivity index (χ0) is 9.61. The Morgan fingerprint density at radius 1 is 1.67 bits per heavy atom. The maximum Gasteiger partial charge on any atom is 0.214 e. The van der Waals surface area contributed by atoms with Crippen LogP contribution in [0.4, 0.5) is 0 Å². The van der Waals surface area contributed by atoms with Crippen LogP contribution in [0.15, 0.2) is 12.7 Å². The van der Waals surface area contributed by atoms with Gasteiger partial charge in [-0.25, -0.2) is 13.6 Å². The first-order chi connectivity index (χ1) is 5.52. The van der Waals surface area contributed by atoms with Crippen LogP contribution in [0.5, 0.6) is 0 Å². The molecular weight excluding hydrogens is 178 g/mol. The van der Waals surface area contributed by atoms with Gasteiger partial charge < -0.3 is 4.74 Å². The zero-order valence-electron chi connectivity index (χ0n) is 7.19. The van der Waals surface area contributed by atoms with Gasteiger partial charge in [0.25, 0.3) is 0 Å². The highest BCUT2D eigenvalue weighted by atomic mass is 32.2. The Hall–Kier alpha value is -0.390. The molecule has 72 valence electrons. The first-order valence-electron chi connectivity index (χ1n) is 3.63. The van der Waals surface area contributed by atoms with Crippen molar-refractivity contribution in [3.63, 3.8) is 0 Å². The van der Waals surface area contributed by atoms with Gasteiger partial charge in [0.1, 0.15) is 0 Å². The van der Waals surface area contributed by atoms with E-state index in [9.17, 15) is 8.42 Å². The Bertz CT molecular complexity index is 223. The van der Waals surface area contributed by atoms with E-state index in [1.165, 1.54) is 7.11 Å². The normalized spacial score (nSPS) is 14.2. The van der Waals surface area contributed by atoms with Crippen molar-refractivity contribution in [2.24, 2.45) is 5.14 Å². The van der Waals surface area contributed by atoms with E-state index in [4.69, 9.17) is 9.88 Å². The van der Waals surface area contributed by atoms with Gasteiger partial charge in [0, 0.05) is 7.11 Å². The molecule has 0 aliphatic heterocycles. The summed E-state index contributed by atoms with van der Waals surface area (Å²) >= 11 is 0. The Morgan fingerprint density at radius 2 is 2.25 bits per heavy atom. The highest BCUT2D eigenvalue weighted by Gasteiger charge is 2.19. The molecule has 0 radical (unpaired) electrons. The molecule has 5 heteroatoms. The minimum Gasteiger partial charge on any atom is -0.383 e. The topological polar surface area (TPSA) is 69.4 Å². The number of nitrogens with two attached hydrogens (primary N) is 1. The fourth-order valence-electron chi connectivity index (χ4n) is 0.832. The largest absolute Gasteiger partial charge is 0.383 e. The number of sulfonamides is 1. The standard InChI is InChI=1S/C7H15NO3S/c1-3-4-5-7(6-11-2)12(8,9)10/h3,7H,1,4-6H2,2H3,(H2,8,9,10). The van der Waals surface area contributed by atoms with Crippen LogP contribution in [0.1, 0.15) is 12.8 Å². The molecule has 12 heavy (non-hydrogen) atoms. The van der Waals surface area contributed by atoms with Gasteiger partial charge in [-0.15, -0.1) is 6.58 Å². The van der Waals surface area contributed by atoms with Crippen LogP contribution in [-0.4, -0.2) is 27.4 Å². The molecule has 0 aromatic heterocycles. The van der Waals surface area contributed by atoms with Crippen LogP contribution in [0.3, 0.4) is 0 Å². The first kappa shape index (κ1) is 11.6. The predicted molar refractivity (Wildman–Crippen MR) is 48.2 cm³/mol. The molecule has 0 rings (SSSR count). The van der Waals surface area contributed by atoms with Crippen LogP contribution in [0.2, 0.25) is 0 Å². The summed E-state index contributed by atoms with van der Waals surface area (Å²) in [6, 6.07) is 0. The van der Waals surface area contributed by atoms with E-state index in [2.05, 4.69) is 6.58 Å². The average molecular weight is 193 g/mol. The molecule has 2 N–H and O–H groups in total. The maximum absolute atomic E-state index is 10.9. The molecule has 0 amide bonds. The number of methoxy groups -OCH3 is 1. The first-order valence-corrected chi connectivity index (χ1v) is 5.24. The summed E-state index contributed by atoms with van der Waals surface area (Å²) < 4.78 is 26.5. The van der Waals surface area contributed by atoms with Gasteiger partial charge >= 0.3 is 0 Å². The van der Waals surface area contributed by atoms with Gasteiger partial charge in [-0.1, -0.05) is 6.08 Å². The summed E-state index contributed by atoms with van der Waals surface area (Å²) in [5.41, 5.74) is 0. The van der Waals surface area contributed by atoms with Crippen molar-refractivity contribution < 1.29 is 13.2 Å². The smallest absolute Gasteiger partial charge is 0.214 e. The molecule has 0 aliphatic carbocycles. The van der Waals surface area contributed by atoms with Crippen molar-refractivity contribution in [1.82, 2.24) is 0 Å². The third-order valence-electron chi connectivity index (χ3n) is 1.51. The van der Waals surface area contributed by atoms with E-state index in [0.29, 0.717) is 12.8 Å². The van der Waals surface area contributed by atoms with Crippen molar-refractivity contribution >= 4 is 10.0 Å². The second-order valence-electron chi connectivity index (χ2n) is 2.53. The summed E-state index contributed by atoms with van der Waals surface area (Å²) in [4.78, 5) is 0. The molecule has 0 saturated carbocycles. The van der Waals surface area contributed by atoms with Crippen molar-refractivity contribution in [2.75, 3.05) is 13.7 Å². The summed E-state index contributed by atoms with van der Waals surface area (Å²) in [6.45, 7) is 3.64. The number of allylic oxidation sites excluding steroid dienone is 1. The van der Waals surface area contributed by atoms with Crippen LogP contribution in [0.25, 0.3) is 0 Å². The second kappa shape index (κ2) is 5.29. The number of rotatable bonds is 6. The Labute approximate surface area is 73.5 Å². The summed E-state index contributed by atoms with van der Waals surface area (Å²) in [6.07, 6.45) is 2.76. The maximum atomic E-state index is 10.9. The third kappa shape index (κ3) is 4.48. The fraction of sp³-hybridized carbons (Fsp3) is 0.714. The van der Waals surface area contributed by atoms with Crippen molar-refractivity contribution in [1.29, 1.82) is 0 Å². The van der Waals surface area contributed by atoms with Crippen LogP contribution in [0, 0.1) is 0 Å². The summed E-state index contributed by atoms with van der Waals surface area (Å²) in [5.74, 6) is 0. The highest BCUT2D eigenvalue weighted by molar-refractivity contribution is 7.89. The van der Waals surface area contributed by atoms with E-state index in [1.807, 2.05) is 0 Å². The van der Waals surface area contributed by atoms with Crippen molar-refractivity contribution in [3.05, 3.63) is 12.7 Å². The van der Waals surface area contributed by atoms with Gasteiger partial charge in [0.2, 0.25) is 10.0 Å². The predicted octanol–water partition coefficient (Wildman–Crippen LogP) is 0.256. The Kier molecular flexibility index (Phi) is 5.12. The number of hydrogen-bond acceptors (Lipinski definition) is 3. The van der Waals surface area contributed by atoms with E-state index in [0.717, 1.165) is 0 Å². The lowest BCUT2D eigenvalue weighted by Gasteiger charge is -2.11. The number of primary sulfonamides is 1. The molecule has 0 fully saturated rings. The van der Waals surface area contributed by atoms with Gasteiger partial charge in [-0.2, -0.15) is 0 Å². The Balaban J connectivity index is 4.13. The quantitative estimate of drug-likeness (QED) is 0.615. The zero-order valence-corrected chi connectivity index (χ0v) is 8.01. The fourth-order valence-corrected chi connectivity index (χ4v) is 1.62. The van der Waals surface area contributed by atoms with Crippen LogP contribution < -0.4 is 5.14 Å². The van der Waals surface area contributed by atoms with Gasteiger partial charge in [-0.3, -0.25) is 0 Å².